The first-order chi connectivity index (χ1) is 14.1. The van der Waals surface area contributed by atoms with Gasteiger partial charge in [-0.1, -0.05) is 61.6 Å². The van der Waals surface area contributed by atoms with Gasteiger partial charge in [-0.3, -0.25) is 0 Å². The molecule has 144 valence electrons. The van der Waals surface area contributed by atoms with E-state index in [2.05, 4.69) is 60.2 Å². The minimum Gasteiger partial charge on any atom is -0.206 e. The smallest absolute Gasteiger partial charge is 0.151 e. The van der Waals surface area contributed by atoms with E-state index < -0.39 is 11.6 Å². The number of nitrogens with zero attached hydrogens (tertiary/aromatic N) is 1. The molecule has 3 aromatic rings. The van der Waals surface area contributed by atoms with Crippen molar-refractivity contribution in [2.24, 2.45) is 4.99 Å². The highest BCUT2D eigenvalue weighted by atomic mass is 32.1. The van der Waals surface area contributed by atoms with E-state index in [-0.39, 0.29) is 11.3 Å². The molecule has 0 heterocycles. The van der Waals surface area contributed by atoms with Crippen LogP contribution in [0.5, 0.6) is 0 Å². The topological polar surface area (TPSA) is 12.4 Å². The Morgan fingerprint density at radius 3 is 2.14 bits per heavy atom. The number of hydrogen-bond donors (Lipinski definition) is 0. The summed E-state index contributed by atoms with van der Waals surface area (Å²) >= 11 is 4.42. The third-order valence-corrected chi connectivity index (χ3v) is 4.63. The van der Waals surface area contributed by atoms with Crippen LogP contribution in [0, 0.1) is 23.5 Å². The summed E-state index contributed by atoms with van der Waals surface area (Å²) in [6.07, 6.45) is 3.48. The Hall–Kier alpha value is -3.12. The molecule has 0 saturated heterocycles. The van der Waals surface area contributed by atoms with Gasteiger partial charge in [0, 0.05) is 11.6 Å². The highest BCUT2D eigenvalue weighted by Crippen LogP contribution is 2.22. The maximum absolute atomic E-state index is 14.1. The van der Waals surface area contributed by atoms with E-state index in [0.717, 1.165) is 29.7 Å². The number of aliphatic imine (C=N–C) groups is 1. The van der Waals surface area contributed by atoms with Crippen molar-refractivity contribution in [1.82, 2.24) is 0 Å². The van der Waals surface area contributed by atoms with E-state index in [0.29, 0.717) is 5.56 Å². The van der Waals surface area contributed by atoms with Gasteiger partial charge in [-0.25, -0.2) is 8.78 Å². The van der Waals surface area contributed by atoms with Crippen LogP contribution in [0.1, 0.15) is 36.5 Å². The average Bonchev–Trinajstić information content (AvgIpc) is 2.74. The molecule has 0 spiro atoms. The SMILES string of the molecule is CCCCc1ccc(-c2ccc(C#Cc3cc(F)c(N=C=S)cc3F)cc2)cc1. The molecule has 1 nitrogen and oxygen atoms in total. The molecule has 0 unspecified atom stereocenters. The highest BCUT2D eigenvalue weighted by molar-refractivity contribution is 7.78. The maximum Gasteiger partial charge on any atom is 0.151 e. The lowest BCUT2D eigenvalue weighted by atomic mass is 10.0. The van der Waals surface area contributed by atoms with Gasteiger partial charge < -0.3 is 0 Å². The quantitative estimate of drug-likeness (QED) is 0.251. The normalized spacial score (nSPS) is 10.0. The van der Waals surface area contributed by atoms with Crippen molar-refractivity contribution in [3.05, 3.63) is 89.0 Å². The number of hydrogen-bond acceptors (Lipinski definition) is 2. The number of isothiocyanates is 1. The summed E-state index contributed by atoms with van der Waals surface area (Å²) in [7, 11) is 0. The number of unbranched alkanes of at least 4 members (excludes halogenated alkanes) is 1. The van der Waals surface area contributed by atoms with Crippen LogP contribution < -0.4 is 0 Å². The van der Waals surface area contributed by atoms with E-state index in [1.54, 1.807) is 0 Å². The number of rotatable bonds is 5. The lowest BCUT2D eigenvalue weighted by molar-refractivity contribution is 0.599. The van der Waals surface area contributed by atoms with Gasteiger partial charge in [0.05, 0.1) is 10.7 Å². The summed E-state index contributed by atoms with van der Waals surface area (Å²) < 4.78 is 27.9. The predicted molar refractivity (Wildman–Crippen MR) is 118 cm³/mol. The Morgan fingerprint density at radius 1 is 0.862 bits per heavy atom. The van der Waals surface area contributed by atoms with Crippen LogP contribution in [0.15, 0.2) is 65.7 Å². The standard InChI is InChI=1S/C25H19F2NS/c1-2-3-4-18-5-10-20(11-6-18)21-12-7-19(8-13-21)9-14-22-15-24(27)25(28-17-29)16-23(22)26/h5-8,10-13,15-16H,2-4H2,1H3. The molecule has 3 rings (SSSR count). The molecule has 0 N–H and O–H groups in total. The molecular weight excluding hydrogens is 384 g/mol. The number of aryl methyl sites for hydroxylation is 1. The predicted octanol–water partition coefficient (Wildman–Crippen LogP) is 7.11. The van der Waals surface area contributed by atoms with Crippen LogP contribution in [0.4, 0.5) is 14.5 Å². The molecule has 0 amide bonds. The van der Waals surface area contributed by atoms with Gasteiger partial charge in [0.15, 0.2) is 5.82 Å². The van der Waals surface area contributed by atoms with Crippen molar-refractivity contribution in [2.75, 3.05) is 0 Å². The fourth-order valence-electron chi connectivity index (χ4n) is 2.90. The second-order valence-electron chi connectivity index (χ2n) is 6.61. The molecule has 3 aromatic carbocycles. The fraction of sp³-hybridized carbons (Fsp3) is 0.160. The minimum atomic E-state index is -0.689. The molecule has 0 aliphatic rings. The molecule has 0 bridgehead atoms. The summed E-state index contributed by atoms with van der Waals surface area (Å²) in [5, 5.41) is 2.03. The molecule has 0 saturated carbocycles. The lowest BCUT2D eigenvalue weighted by Gasteiger charge is -2.04. The van der Waals surface area contributed by atoms with Gasteiger partial charge in [0.1, 0.15) is 11.5 Å². The summed E-state index contributed by atoms with van der Waals surface area (Å²) in [4.78, 5) is 3.49. The molecule has 0 aliphatic carbocycles. The number of halogens is 2. The molecular formula is C25H19F2NS. The van der Waals surface area contributed by atoms with Crippen molar-refractivity contribution in [1.29, 1.82) is 0 Å². The first-order valence-electron chi connectivity index (χ1n) is 9.39. The number of benzene rings is 3. The Bertz CT molecular complexity index is 1100. The largest absolute Gasteiger partial charge is 0.206 e. The molecule has 0 atom stereocenters. The third kappa shape index (κ3) is 5.45. The fourth-order valence-corrected chi connectivity index (χ4v) is 3.00. The van der Waals surface area contributed by atoms with Crippen LogP contribution in [0.2, 0.25) is 0 Å². The van der Waals surface area contributed by atoms with Crippen molar-refractivity contribution in [3.63, 3.8) is 0 Å². The molecule has 0 aliphatic heterocycles. The van der Waals surface area contributed by atoms with Gasteiger partial charge in [0.2, 0.25) is 0 Å². The summed E-state index contributed by atoms with van der Waals surface area (Å²) in [6.45, 7) is 2.19. The van der Waals surface area contributed by atoms with Crippen molar-refractivity contribution >= 4 is 23.1 Å². The molecule has 0 radical (unpaired) electrons. The van der Waals surface area contributed by atoms with Gasteiger partial charge in [-0.15, -0.1) is 0 Å². The van der Waals surface area contributed by atoms with Crippen molar-refractivity contribution in [2.45, 2.75) is 26.2 Å². The molecule has 29 heavy (non-hydrogen) atoms. The first-order valence-corrected chi connectivity index (χ1v) is 9.80. The summed E-state index contributed by atoms with van der Waals surface area (Å²) in [6, 6.07) is 18.2. The maximum atomic E-state index is 14.1. The second kappa shape index (κ2) is 9.89. The van der Waals surface area contributed by atoms with E-state index in [9.17, 15) is 8.78 Å². The average molecular weight is 403 g/mol. The Morgan fingerprint density at radius 2 is 1.52 bits per heavy atom. The van der Waals surface area contributed by atoms with Crippen LogP contribution in [-0.4, -0.2) is 5.16 Å². The molecule has 0 fully saturated rings. The second-order valence-corrected chi connectivity index (χ2v) is 6.80. The van der Waals surface area contributed by atoms with Gasteiger partial charge in [-0.05, 0) is 59.9 Å². The van der Waals surface area contributed by atoms with E-state index >= 15 is 0 Å². The van der Waals surface area contributed by atoms with E-state index in [1.807, 2.05) is 29.4 Å². The number of thiocarbonyl (C=S) groups is 1. The van der Waals surface area contributed by atoms with Crippen molar-refractivity contribution < 1.29 is 8.78 Å². The van der Waals surface area contributed by atoms with E-state index in [4.69, 9.17) is 0 Å². The Kier molecular flexibility index (Phi) is 7.03. The first kappa shape index (κ1) is 20.6. The zero-order valence-electron chi connectivity index (χ0n) is 16.0. The Balaban J connectivity index is 1.77. The summed E-state index contributed by atoms with van der Waals surface area (Å²) in [5.74, 6) is 4.20. The van der Waals surface area contributed by atoms with E-state index in [1.165, 1.54) is 18.4 Å². The van der Waals surface area contributed by atoms with Crippen LogP contribution in [0.3, 0.4) is 0 Å². The zero-order valence-corrected chi connectivity index (χ0v) is 16.8. The van der Waals surface area contributed by atoms with Crippen LogP contribution in [-0.2, 0) is 6.42 Å². The van der Waals surface area contributed by atoms with Gasteiger partial charge >= 0.3 is 0 Å². The van der Waals surface area contributed by atoms with Crippen LogP contribution >= 0.6 is 12.2 Å². The van der Waals surface area contributed by atoms with Crippen molar-refractivity contribution in [3.8, 4) is 23.0 Å². The highest BCUT2D eigenvalue weighted by Gasteiger charge is 2.07. The Labute approximate surface area is 175 Å². The molecule has 0 aromatic heterocycles. The van der Waals surface area contributed by atoms with Gasteiger partial charge in [-0.2, -0.15) is 4.99 Å². The molecule has 4 heteroatoms. The zero-order chi connectivity index (χ0) is 20.6. The summed E-state index contributed by atoms with van der Waals surface area (Å²) in [5.41, 5.74) is 4.05. The van der Waals surface area contributed by atoms with Crippen LogP contribution in [0.25, 0.3) is 11.1 Å². The lowest BCUT2D eigenvalue weighted by Crippen LogP contribution is -1.87. The monoisotopic (exact) mass is 403 g/mol. The van der Waals surface area contributed by atoms with Gasteiger partial charge in [0.25, 0.3) is 0 Å². The minimum absolute atomic E-state index is 0.0300. The third-order valence-electron chi connectivity index (χ3n) is 4.54.